The van der Waals surface area contributed by atoms with Gasteiger partial charge in [0.15, 0.2) is 5.82 Å². The first-order chi connectivity index (χ1) is 24.3. The highest BCUT2D eigenvalue weighted by atomic mass is 35.5. The van der Waals surface area contributed by atoms with Gasteiger partial charge in [0, 0.05) is 59.3 Å². The Bertz CT molecular complexity index is 2410. The Labute approximate surface area is 299 Å². The van der Waals surface area contributed by atoms with E-state index >= 15 is 9.18 Å². The quantitative estimate of drug-likeness (QED) is 0.199. The number of nitrogens with one attached hydrogen (secondary N) is 1. The van der Waals surface area contributed by atoms with Gasteiger partial charge in [-0.25, -0.2) is 4.39 Å². The molecule has 10 nitrogen and oxygen atoms in total. The Morgan fingerprint density at radius 3 is 2.51 bits per heavy atom. The maximum absolute atomic E-state index is 18.2. The van der Waals surface area contributed by atoms with Crippen LogP contribution in [0.2, 0.25) is 5.02 Å². The molecular formula is C39H39ClFN7O3. The summed E-state index contributed by atoms with van der Waals surface area (Å²) < 4.78 is 19.6. The molecule has 1 saturated heterocycles. The van der Waals surface area contributed by atoms with Crippen LogP contribution in [0, 0.1) is 19.7 Å². The van der Waals surface area contributed by atoms with Crippen LogP contribution in [0.4, 0.5) is 15.8 Å². The second-order valence-corrected chi connectivity index (χ2v) is 14.9. The number of hydrogen-bond donors (Lipinski definition) is 1. The number of nitrogens with zero attached hydrogens (tertiary/aromatic N) is 6. The Morgan fingerprint density at radius 2 is 1.82 bits per heavy atom. The number of rotatable bonds is 5. The molecule has 2 atom stereocenters. The van der Waals surface area contributed by atoms with E-state index in [1.54, 1.807) is 30.3 Å². The Kier molecular flexibility index (Phi) is 7.64. The third-order valence-electron chi connectivity index (χ3n) is 10.9. The van der Waals surface area contributed by atoms with E-state index in [0.29, 0.717) is 39.5 Å². The van der Waals surface area contributed by atoms with Crippen molar-refractivity contribution >= 4 is 56.6 Å². The van der Waals surface area contributed by atoms with Crippen LogP contribution in [-0.4, -0.2) is 68.7 Å². The van der Waals surface area contributed by atoms with E-state index in [2.05, 4.69) is 21.8 Å². The molecule has 3 aliphatic rings. The molecule has 0 spiro atoms. The molecule has 2 aromatic carbocycles. The first-order valence-electron chi connectivity index (χ1n) is 17.4. The molecule has 12 heteroatoms. The number of likely N-dealkylation sites (N-methyl/N-ethyl adjacent to an activating group) is 1. The monoisotopic (exact) mass is 707 g/mol. The zero-order valence-corrected chi connectivity index (χ0v) is 30.2. The minimum absolute atomic E-state index is 0.0442. The molecule has 2 unspecified atom stereocenters. The second kappa shape index (κ2) is 11.8. The Morgan fingerprint density at radius 1 is 1.08 bits per heavy atom. The lowest BCUT2D eigenvalue weighted by Crippen LogP contribution is -2.66. The zero-order chi connectivity index (χ0) is 36.2. The number of amides is 2. The lowest BCUT2D eigenvalue weighted by atomic mass is 9.91. The third-order valence-corrected chi connectivity index (χ3v) is 11.2. The summed E-state index contributed by atoms with van der Waals surface area (Å²) in [5.41, 5.74) is 5.13. The van der Waals surface area contributed by atoms with E-state index in [1.165, 1.54) is 15.5 Å². The van der Waals surface area contributed by atoms with Crippen molar-refractivity contribution in [3.8, 4) is 16.8 Å². The highest BCUT2D eigenvalue weighted by molar-refractivity contribution is 6.35. The molecule has 3 aromatic heterocycles. The lowest BCUT2D eigenvalue weighted by molar-refractivity contribution is -0.130. The molecule has 5 aromatic rings. The van der Waals surface area contributed by atoms with Crippen LogP contribution >= 0.6 is 11.6 Å². The van der Waals surface area contributed by atoms with E-state index < -0.39 is 17.4 Å². The molecule has 1 saturated carbocycles. The topological polar surface area (TPSA) is 107 Å². The molecule has 5 heterocycles. The van der Waals surface area contributed by atoms with Gasteiger partial charge in [0.1, 0.15) is 11.7 Å². The van der Waals surface area contributed by atoms with E-state index in [0.717, 1.165) is 35.0 Å². The van der Waals surface area contributed by atoms with Crippen LogP contribution in [0.1, 0.15) is 68.0 Å². The van der Waals surface area contributed by atoms with Crippen molar-refractivity contribution in [3.63, 3.8) is 0 Å². The molecule has 2 aliphatic heterocycles. The molecule has 2 fully saturated rings. The molecular weight excluding hydrogens is 669 g/mol. The van der Waals surface area contributed by atoms with Gasteiger partial charge in [-0.05, 0) is 74.9 Å². The van der Waals surface area contributed by atoms with Crippen LogP contribution in [0.25, 0.3) is 38.6 Å². The smallest absolute Gasteiger partial charge is 0.281 e. The largest absolute Gasteiger partial charge is 0.354 e. The van der Waals surface area contributed by atoms with Crippen molar-refractivity contribution in [1.29, 1.82) is 0 Å². The highest BCUT2D eigenvalue weighted by Crippen LogP contribution is 2.50. The summed E-state index contributed by atoms with van der Waals surface area (Å²) in [6.07, 6.45) is 4.95. The van der Waals surface area contributed by atoms with Gasteiger partial charge in [0.2, 0.25) is 5.91 Å². The van der Waals surface area contributed by atoms with Gasteiger partial charge in [0.25, 0.3) is 11.5 Å². The Hall–Kier alpha value is -5.03. The maximum Gasteiger partial charge on any atom is 0.281 e. The fourth-order valence-corrected chi connectivity index (χ4v) is 8.47. The van der Waals surface area contributed by atoms with Gasteiger partial charge < -0.3 is 14.7 Å². The van der Waals surface area contributed by atoms with Crippen LogP contribution in [0.3, 0.4) is 0 Å². The van der Waals surface area contributed by atoms with Gasteiger partial charge in [-0.15, -0.1) is 0 Å². The number of carbonyl (C=O) groups excluding carboxylic acids is 2. The van der Waals surface area contributed by atoms with Gasteiger partial charge in [-0.1, -0.05) is 38.1 Å². The molecule has 8 rings (SSSR count). The first kappa shape index (κ1) is 33.1. The summed E-state index contributed by atoms with van der Waals surface area (Å²) in [4.78, 5) is 51.6. The highest BCUT2D eigenvalue weighted by Gasteiger charge is 2.46. The number of aromatic amines is 1. The number of aromatic nitrogens is 4. The molecule has 0 radical (unpaired) electrons. The van der Waals surface area contributed by atoms with Crippen molar-refractivity contribution in [2.75, 3.05) is 29.9 Å². The number of carbonyl (C=O) groups is 2. The van der Waals surface area contributed by atoms with E-state index in [9.17, 15) is 9.59 Å². The number of anilines is 2. The maximum atomic E-state index is 18.2. The van der Waals surface area contributed by atoms with Crippen LogP contribution in [0.15, 0.2) is 47.9 Å². The van der Waals surface area contributed by atoms with Crippen molar-refractivity contribution in [3.05, 3.63) is 86.8 Å². The second-order valence-electron chi connectivity index (χ2n) is 14.5. The lowest BCUT2D eigenvalue weighted by Gasteiger charge is -2.50. The fourth-order valence-electron chi connectivity index (χ4n) is 8.18. The van der Waals surface area contributed by atoms with Gasteiger partial charge in [-0.3, -0.25) is 29.0 Å². The summed E-state index contributed by atoms with van der Waals surface area (Å²) in [7, 11) is 1.56. The molecule has 51 heavy (non-hydrogen) atoms. The predicted molar refractivity (Wildman–Crippen MR) is 199 cm³/mol. The summed E-state index contributed by atoms with van der Waals surface area (Å²) in [5, 5.41) is 9.15. The zero-order valence-electron chi connectivity index (χ0n) is 29.5. The van der Waals surface area contributed by atoms with Gasteiger partial charge in [-0.2, -0.15) is 5.10 Å². The molecule has 0 bridgehead atoms. The summed E-state index contributed by atoms with van der Waals surface area (Å²) in [6.45, 7) is 13.6. The summed E-state index contributed by atoms with van der Waals surface area (Å²) >= 11 is 7.24. The van der Waals surface area contributed by atoms with Gasteiger partial charge in [0.05, 0.1) is 39.7 Å². The third kappa shape index (κ3) is 4.77. The predicted octanol–water partition coefficient (Wildman–Crippen LogP) is 6.91. The normalized spacial score (nSPS) is 18.9. The van der Waals surface area contributed by atoms with E-state index in [-0.39, 0.29) is 58.7 Å². The minimum atomic E-state index is -0.808. The minimum Gasteiger partial charge on any atom is -0.354 e. The van der Waals surface area contributed by atoms with Crippen molar-refractivity contribution in [2.24, 2.45) is 0 Å². The Balaban J connectivity index is 1.52. The van der Waals surface area contributed by atoms with Crippen molar-refractivity contribution < 1.29 is 14.0 Å². The number of H-pyrrole nitrogens is 1. The number of piperazine rings is 1. The van der Waals surface area contributed by atoms with Crippen LogP contribution < -0.4 is 15.4 Å². The van der Waals surface area contributed by atoms with Crippen molar-refractivity contribution in [2.45, 2.75) is 71.4 Å². The number of pyridine rings is 2. The number of fused-ring (bicyclic) bond motifs is 6. The number of benzene rings is 2. The van der Waals surface area contributed by atoms with Crippen molar-refractivity contribution in [1.82, 2.24) is 24.6 Å². The van der Waals surface area contributed by atoms with E-state index in [1.807, 2.05) is 51.7 Å². The average Bonchev–Trinajstić information content (AvgIpc) is 3.85. The van der Waals surface area contributed by atoms with Crippen LogP contribution in [0.5, 0.6) is 0 Å². The average molecular weight is 708 g/mol. The fraction of sp³-hybridized carbons (Fsp3) is 0.359. The van der Waals surface area contributed by atoms with Gasteiger partial charge >= 0.3 is 0 Å². The SMILES string of the molecule is C=CC(=O)N1CC2C(=O)N(C)c3c(c4cc(Cl)c(-c5c(C)ccc6n[nH]c(C7CC7)c56)c(F)c4n(-c4c(C)ccnc4C(C)C)c3=O)N2CC1C. The number of halogens is 2. The number of aryl methyl sites for hydroxylation is 2. The molecule has 1 N–H and O–H groups in total. The molecule has 2 amide bonds. The van der Waals surface area contributed by atoms with Crippen LogP contribution in [-0.2, 0) is 9.59 Å². The summed E-state index contributed by atoms with van der Waals surface area (Å²) in [5.74, 6) is -1.10. The number of hydrogen-bond acceptors (Lipinski definition) is 6. The first-order valence-corrected chi connectivity index (χ1v) is 17.7. The molecule has 1 aliphatic carbocycles. The standard InChI is InChI=1S/C39H39ClFN7O3/c1-8-27(49)46-17-26-38(50)45(7)37-36(47(26)16-21(46)6)23-15-24(40)29(28-19(4)9-12-25-30(28)33(44-43-25)22-10-11-22)31(41)35(23)48(39(37)51)34-20(5)13-14-42-32(34)18(2)3/h8-9,12-15,18,21-22,26H,1,10-11,16-17H2,2-7H3,(H,43,44). The summed E-state index contributed by atoms with van der Waals surface area (Å²) in [6, 6.07) is 6.23. The molecule has 262 valence electrons. The van der Waals surface area contributed by atoms with E-state index in [4.69, 9.17) is 11.6 Å².